The van der Waals surface area contributed by atoms with Crippen LogP contribution in [0.1, 0.15) is 38.2 Å². The van der Waals surface area contributed by atoms with E-state index in [0.717, 1.165) is 27.7 Å². The Balaban J connectivity index is 1.64. The summed E-state index contributed by atoms with van der Waals surface area (Å²) in [6.45, 7) is 4.27. The molecule has 0 aliphatic heterocycles. The third-order valence-electron chi connectivity index (χ3n) is 3.42. The zero-order valence-electron chi connectivity index (χ0n) is 12.4. The van der Waals surface area contributed by atoms with Crippen LogP contribution >= 0.6 is 11.3 Å². The second-order valence-corrected chi connectivity index (χ2v) is 6.04. The number of furan rings is 1. The molecule has 3 aromatic heterocycles. The first kappa shape index (κ1) is 14.6. The molecule has 1 amide bonds. The van der Waals surface area contributed by atoms with E-state index in [-0.39, 0.29) is 5.91 Å². The molecule has 0 saturated carbocycles. The highest BCUT2D eigenvalue weighted by atomic mass is 32.1. The van der Waals surface area contributed by atoms with Gasteiger partial charge < -0.3 is 14.3 Å². The highest BCUT2D eigenvalue weighted by molar-refractivity contribution is 7.09. The lowest BCUT2D eigenvalue weighted by Gasteiger charge is -2.01. The summed E-state index contributed by atoms with van der Waals surface area (Å²) in [5.74, 6) is 1.60. The molecule has 0 bridgehead atoms. The molecular formula is C16H16N2O3S. The number of carbonyl (C=O) groups excluding carboxylic acids is 1. The number of hydrogen-bond donors (Lipinski definition) is 1. The lowest BCUT2D eigenvalue weighted by Crippen LogP contribution is -2.21. The Morgan fingerprint density at radius 3 is 2.86 bits per heavy atom. The van der Waals surface area contributed by atoms with Crippen LogP contribution in [-0.4, -0.2) is 11.1 Å². The van der Waals surface area contributed by atoms with Gasteiger partial charge in [0.15, 0.2) is 5.76 Å². The summed E-state index contributed by atoms with van der Waals surface area (Å²) >= 11 is 1.61. The van der Waals surface area contributed by atoms with E-state index in [9.17, 15) is 4.79 Å². The standard InChI is InChI=1S/C16H16N2O3S/c1-10-14(11(2)21-18-10)8-12-5-6-15(20-12)16(19)17-9-13-4-3-7-22-13/h3-7H,8-9H2,1-2H3,(H,17,19). The Morgan fingerprint density at radius 2 is 2.18 bits per heavy atom. The van der Waals surface area contributed by atoms with Crippen molar-refractivity contribution in [2.45, 2.75) is 26.8 Å². The molecular weight excluding hydrogens is 300 g/mol. The predicted octanol–water partition coefficient (Wildman–Crippen LogP) is 3.47. The second kappa shape index (κ2) is 6.19. The number of carbonyl (C=O) groups is 1. The van der Waals surface area contributed by atoms with Crippen molar-refractivity contribution >= 4 is 17.2 Å². The van der Waals surface area contributed by atoms with Crippen LogP contribution in [0.4, 0.5) is 0 Å². The number of thiophene rings is 1. The number of amides is 1. The van der Waals surface area contributed by atoms with Crippen LogP contribution in [0.15, 0.2) is 38.6 Å². The van der Waals surface area contributed by atoms with Crippen LogP contribution < -0.4 is 5.32 Å². The van der Waals surface area contributed by atoms with Crippen molar-refractivity contribution in [3.05, 3.63) is 63.1 Å². The van der Waals surface area contributed by atoms with Crippen molar-refractivity contribution in [1.82, 2.24) is 10.5 Å². The molecule has 0 spiro atoms. The first-order valence-corrected chi connectivity index (χ1v) is 7.82. The number of rotatable bonds is 5. The van der Waals surface area contributed by atoms with E-state index in [1.165, 1.54) is 0 Å². The predicted molar refractivity (Wildman–Crippen MR) is 83.0 cm³/mol. The summed E-state index contributed by atoms with van der Waals surface area (Å²) in [6, 6.07) is 7.44. The number of aromatic nitrogens is 1. The normalized spacial score (nSPS) is 10.8. The van der Waals surface area contributed by atoms with Gasteiger partial charge in [0.2, 0.25) is 0 Å². The third kappa shape index (κ3) is 3.12. The molecule has 0 atom stereocenters. The van der Waals surface area contributed by atoms with E-state index < -0.39 is 0 Å². The Kier molecular flexibility index (Phi) is 4.11. The zero-order chi connectivity index (χ0) is 15.5. The van der Waals surface area contributed by atoms with Gasteiger partial charge in [0.25, 0.3) is 5.91 Å². The fourth-order valence-electron chi connectivity index (χ4n) is 2.19. The maximum atomic E-state index is 12.1. The minimum absolute atomic E-state index is 0.210. The number of nitrogens with zero attached hydrogens (tertiary/aromatic N) is 1. The summed E-state index contributed by atoms with van der Waals surface area (Å²) in [6.07, 6.45) is 0.569. The van der Waals surface area contributed by atoms with E-state index in [4.69, 9.17) is 8.94 Å². The molecule has 114 valence electrons. The summed E-state index contributed by atoms with van der Waals surface area (Å²) in [7, 11) is 0. The van der Waals surface area contributed by atoms with Gasteiger partial charge in [0, 0.05) is 16.9 Å². The Bertz CT molecular complexity index is 752. The van der Waals surface area contributed by atoms with Crippen LogP contribution in [0.25, 0.3) is 0 Å². The topological polar surface area (TPSA) is 68.3 Å². The maximum Gasteiger partial charge on any atom is 0.287 e. The summed E-state index contributed by atoms with van der Waals surface area (Å²) < 4.78 is 10.8. The van der Waals surface area contributed by atoms with Gasteiger partial charge in [0.05, 0.1) is 12.2 Å². The molecule has 3 aromatic rings. The minimum Gasteiger partial charge on any atom is -0.456 e. The van der Waals surface area contributed by atoms with Crippen LogP contribution in [0.5, 0.6) is 0 Å². The first-order chi connectivity index (χ1) is 10.6. The zero-order valence-corrected chi connectivity index (χ0v) is 13.2. The Hall–Kier alpha value is -2.34. The smallest absolute Gasteiger partial charge is 0.287 e. The molecule has 1 N–H and O–H groups in total. The quantitative estimate of drug-likeness (QED) is 0.782. The molecule has 0 radical (unpaired) electrons. The van der Waals surface area contributed by atoms with Crippen molar-refractivity contribution in [1.29, 1.82) is 0 Å². The molecule has 5 nitrogen and oxygen atoms in total. The van der Waals surface area contributed by atoms with E-state index in [1.807, 2.05) is 37.4 Å². The lowest BCUT2D eigenvalue weighted by atomic mass is 10.1. The minimum atomic E-state index is -0.210. The molecule has 6 heteroatoms. The van der Waals surface area contributed by atoms with Gasteiger partial charge in [-0.05, 0) is 37.4 Å². The highest BCUT2D eigenvalue weighted by Crippen LogP contribution is 2.19. The Morgan fingerprint density at radius 1 is 1.32 bits per heavy atom. The van der Waals surface area contributed by atoms with Crippen LogP contribution in [0.2, 0.25) is 0 Å². The number of hydrogen-bond acceptors (Lipinski definition) is 5. The molecule has 22 heavy (non-hydrogen) atoms. The van der Waals surface area contributed by atoms with Crippen molar-refractivity contribution in [3.63, 3.8) is 0 Å². The average Bonchev–Trinajstić information content (AvgIpc) is 3.23. The van der Waals surface area contributed by atoms with Gasteiger partial charge in [-0.25, -0.2) is 0 Å². The maximum absolute atomic E-state index is 12.1. The van der Waals surface area contributed by atoms with Crippen LogP contribution in [-0.2, 0) is 13.0 Å². The first-order valence-electron chi connectivity index (χ1n) is 6.94. The van der Waals surface area contributed by atoms with Gasteiger partial charge in [-0.1, -0.05) is 11.2 Å². The SMILES string of the molecule is Cc1noc(C)c1Cc1ccc(C(=O)NCc2cccs2)o1. The number of aryl methyl sites for hydroxylation is 2. The van der Waals surface area contributed by atoms with Crippen molar-refractivity contribution < 1.29 is 13.7 Å². The van der Waals surface area contributed by atoms with E-state index in [1.54, 1.807) is 17.4 Å². The van der Waals surface area contributed by atoms with Gasteiger partial charge in [0.1, 0.15) is 11.5 Å². The van der Waals surface area contributed by atoms with Crippen molar-refractivity contribution in [3.8, 4) is 0 Å². The summed E-state index contributed by atoms with van der Waals surface area (Å²) in [5, 5.41) is 8.74. The molecule has 0 saturated heterocycles. The van der Waals surface area contributed by atoms with Gasteiger partial charge in [-0.15, -0.1) is 11.3 Å². The lowest BCUT2D eigenvalue weighted by molar-refractivity contribution is 0.0922. The van der Waals surface area contributed by atoms with Gasteiger partial charge >= 0.3 is 0 Å². The van der Waals surface area contributed by atoms with Crippen LogP contribution in [0.3, 0.4) is 0 Å². The molecule has 0 aliphatic carbocycles. The molecule has 0 unspecified atom stereocenters. The molecule has 3 rings (SSSR count). The fraction of sp³-hybridized carbons (Fsp3) is 0.250. The highest BCUT2D eigenvalue weighted by Gasteiger charge is 2.15. The Labute approximate surface area is 131 Å². The molecule has 3 heterocycles. The molecule has 0 aromatic carbocycles. The summed E-state index contributed by atoms with van der Waals surface area (Å²) in [4.78, 5) is 13.2. The third-order valence-corrected chi connectivity index (χ3v) is 4.30. The van der Waals surface area contributed by atoms with Gasteiger partial charge in [-0.2, -0.15) is 0 Å². The van der Waals surface area contributed by atoms with Crippen molar-refractivity contribution in [2.24, 2.45) is 0 Å². The van der Waals surface area contributed by atoms with Crippen molar-refractivity contribution in [2.75, 3.05) is 0 Å². The molecule has 0 aliphatic rings. The average molecular weight is 316 g/mol. The molecule has 0 fully saturated rings. The van der Waals surface area contributed by atoms with E-state index in [2.05, 4.69) is 10.5 Å². The number of nitrogens with one attached hydrogen (secondary N) is 1. The monoisotopic (exact) mass is 316 g/mol. The van der Waals surface area contributed by atoms with Gasteiger partial charge in [-0.3, -0.25) is 4.79 Å². The summed E-state index contributed by atoms with van der Waals surface area (Å²) in [5.41, 5.74) is 1.84. The largest absolute Gasteiger partial charge is 0.456 e. The van der Waals surface area contributed by atoms with E-state index in [0.29, 0.717) is 18.7 Å². The van der Waals surface area contributed by atoms with E-state index >= 15 is 0 Å². The fourth-order valence-corrected chi connectivity index (χ4v) is 2.84. The second-order valence-electron chi connectivity index (χ2n) is 5.01. The van der Waals surface area contributed by atoms with Crippen LogP contribution in [0, 0.1) is 13.8 Å².